The van der Waals surface area contributed by atoms with Crippen molar-refractivity contribution in [3.63, 3.8) is 0 Å². The van der Waals surface area contributed by atoms with Crippen molar-refractivity contribution in [1.82, 2.24) is 0 Å². The van der Waals surface area contributed by atoms with Crippen molar-refractivity contribution >= 4 is 37.0 Å². The molecule has 40 valence electrons. The van der Waals surface area contributed by atoms with Gasteiger partial charge in [-0.25, -0.2) is 10.8 Å². The fourth-order valence-corrected chi connectivity index (χ4v) is 0.713. The first kappa shape index (κ1) is 17.4. The van der Waals surface area contributed by atoms with Crippen LogP contribution in [0.4, 0.5) is 0 Å². The molecule has 0 N–H and O–H groups in total. The first-order valence-corrected chi connectivity index (χ1v) is 3.50. The molecule has 0 nitrogen and oxygen atoms in total. The molecular weight excluding hydrogens is 190 g/mol. The Morgan fingerprint density at radius 1 is 0.889 bits per heavy atom. The third kappa shape index (κ3) is 17.9. The molecule has 0 radical (unpaired) electrons. The molecule has 0 saturated heterocycles. The molecule has 0 aromatic heterocycles. The maximum Gasteiger partial charge on any atom is 1.00 e. The largest absolute Gasteiger partial charge is 1.00 e. The first-order chi connectivity index (χ1) is 3.41. The normalized spacial score (nSPS) is 8.89. The molecular formula is C4H4Na2S3. The monoisotopic (exact) mass is 194 g/mol. The SMILES string of the molecule is [Na+].[Na+].[S-]/C=C\S/C=C\[S-]. The van der Waals surface area contributed by atoms with Crippen molar-refractivity contribution in [2.24, 2.45) is 0 Å². The summed E-state index contributed by atoms with van der Waals surface area (Å²) in [7, 11) is 0. The summed E-state index contributed by atoms with van der Waals surface area (Å²) in [4.78, 5) is 0. The summed E-state index contributed by atoms with van der Waals surface area (Å²) >= 11 is 10.5. The van der Waals surface area contributed by atoms with Crippen molar-refractivity contribution in [2.75, 3.05) is 0 Å². The summed E-state index contributed by atoms with van der Waals surface area (Å²) in [5.41, 5.74) is 0. The average Bonchev–Trinajstić information content (AvgIpc) is 1.69. The van der Waals surface area contributed by atoms with Crippen molar-refractivity contribution in [2.45, 2.75) is 0 Å². The standard InChI is InChI=1S/C4H6S3.2Na/c5-1-3-7-4-2-6;;/h1-6H;;/q;2*+1/p-2/b3-1-,4-2-;;. The van der Waals surface area contributed by atoms with Gasteiger partial charge in [0, 0.05) is 0 Å². The van der Waals surface area contributed by atoms with Crippen LogP contribution in [0, 0.1) is 0 Å². The van der Waals surface area contributed by atoms with Crippen LogP contribution >= 0.6 is 11.8 Å². The minimum atomic E-state index is 0. The molecule has 0 aromatic carbocycles. The Labute approximate surface area is 116 Å². The first-order valence-electron chi connectivity index (χ1n) is 1.61. The Hall–Kier alpha value is 2.27. The number of rotatable bonds is 2. The Morgan fingerprint density at radius 3 is 1.44 bits per heavy atom. The summed E-state index contributed by atoms with van der Waals surface area (Å²) in [6.45, 7) is 0. The van der Waals surface area contributed by atoms with Gasteiger partial charge in [0.2, 0.25) is 0 Å². The third-order valence-electron chi connectivity index (χ3n) is 0.268. The molecule has 0 atom stereocenters. The van der Waals surface area contributed by atoms with Gasteiger partial charge >= 0.3 is 59.1 Å². The van der Waals surface area contributed by atoms with Crippen molar-refractivity contribution in [3.05, 3.63) is 21.6 Å². The molecule has 5 heteroatoms. The van der Waals surface area contributed by atoms with Crippen LogP contribution in [-0.4, -0.2) is 0 Å². The van der Waals surface area contributed by atoms with Crippen LogP contribution in [0.5, 0.6) is 0 Å². The van der Waals surface area contributed by atoms with Gasteiger partial charge in [0.25, 0.3) is 0 Å². The van der Waals surface area contributed by atoms with Crippen molar-refractivity contribution in [3.8, 4) is 0 Å². The fraction of sp³-hybridized carbons (Fsp3) is 0. The van der Waals surface area contributed by atoms with Crippen LogP contribution in [0.3, 0.4) is 0 Å². The summed E-state index contributed by atoms with van der Waals surface area (Å²) in [5, 5.41) is 6.69. The van der Waals surface area contributed by atoms with E-state index in [1.165, 1.54) is 11.8 Å². The van der Waals surface area contributed by atoms with Gasteiger partial charge in [-0.05, 0) is 0 Å². The third-order valence-corrected chi connectivity index (χ3v) is 1.47. The molecule has 0 aliphatic rings. The van der Waals surface area contributed by atoms with Crippen molar-refractivity contribution < 1.29 is 59.1 Å². The Bertz CT molecular complexity index is 71.9. The zero-order valence-corrected chi connectivity index (χ0v) is 12.0. The summed E-state index contributed by atoms with van der Waals surface area (Å²) in [6.07, 6.45) is 0. The Kier molecular flexibility index (Phi) is 32.2. The van der Waals surface area contributed by atoms with Crippen LogP contribution in [0.2, 0.25) is 0 Å². The summed E-state index contributed by atoms with van der Waals surface area (Å²) in [6, 6.07) is 0. The van der Waals surface area contributed by atoms with Crippen LogP contribution in [-0.2, 0) is 25.3 Å². The molecule has 0 bridgehead atoms. The summed E-state index contributed by atoms with van der Waals surface area (Å²) < 4.78 is 0. The maximum atomic E-state index is 4.50. The smallest absolute Gasteiger partial charge is 0.787 e. The van der Waals surface area contributed by atoms with E-state index in [2.05, 4.69) is 25.3 Å². The van der Waals surface area contributed by atoms with Gasteiger partial charge in [0.1, 0.15) is 0 Å². The van der Waals surface area contributed by atoms with Gasteiger partial charge in [0.05, 0.1) is 0 Å². The predicted molar refractivity (Wildman–Crippen MR) is 40.6 cm³/mol. The molecule has 0 fully saturated rings. The minimum absolute atomic E-state index is 0. The van der Waals surface area contributed by atoms with E-state index in [1.807, 2.05) is 0 Å². The van der Waals surface area contributed by atoms with E-state index >= 15 is 0 Å². The molecule has 0 spiro atoms. The molecule has 0 unspecified atom stereocenters. The topological polar surface area (TPSA) is 0 Å². The molecule has 0 saturated carbocycles. The van der Waals surface area contributed by atoms with Gasteiger partial charge in [-0.3, -0.25) is 0 Å². The summed E-state index contributed by atoms with van der Waals surface area (Å²) in [5.74, 6) is 0. The second kappa shape index (κ2) is 16.7. The van der Waals surface area contributed by atoms with E-state index in [4.69, 9.17) is 0 Å². The minimum Gasteiger partial charge on any atom is -0.787 e. The molecule has 0 rings (SSSR count). The Morgan fingerprint density at radius 2 is 1.22 bits per heavy atom. The van der Waals surface area contributed by atoms with Crippen molar-refractivity contribution in [1.29, 1.82) is 0 Å². The predicted octanol–water partition coefficient (Wildman–Crippen LogP) is -4.24. The van der Waals surface area contributed by atoms with E-state index in [0.717, 1.165) is 0 Å². The molecule has 0 aromatic rings. The quantitative estimate of drug-likeness (QED) is 0.323. The van der Waals surface area contributed by atoms with Gasteiger partial charge in [0.15, 0.2) is 0 Å². The van der Waals surface area contributed by atoms with Gasteiger partial charge in [-0.15, -0.1) is 11.8 Å². The van der Waals surface area contributed by atoms with E-state index in [-0.39, 0.29) is 59.1 Å². The maximum absolute atomic E-state index is 4.50. The molecule has 0 aliphatic heterocycles. The van der Waals surface area contributed by atoms with Crippen LogP contribution in [0.1, 0.15) is 0 Å². The van der Waals surface area contributed by atoms with Crippen LogP contribution < -0.4 is 59.1 Å². The van der Waals surface area contributed by atoms with Crippen LogP contribution in [0.25, 0.3) is 0 Å². The zero-order valence-electron chi connectivity index (χ0n) is 5.53. The Balaban J connectivity index is -0.000000180. The van der Waals surface area contributed by atoms with E-state index in [1.54, 1.807) is 21.6 Å². The fourth-order valence-electron chi connectivity index (χ4n) is 0.110. The number of thioether (sulfide) groups is 1. The number of hydrogen-bond donors (Lipinski definition) is 0. The molecule has 0 amide bonds. The molecule has 0 heterocycles. The van der Waals surface area contributed by atoms with Gasteiger partial charge < -0.3 is 25.3 Å². The average molecular weight is 194 g/mol. The van der Waals surface area contributed by atoms with Gasteiger partial charge in [-0.2, -0.15) is 0 Å². The van der Waals surface area contributed by atoms with Gasteiger partial charge in [-0.1, -0.05) is 10.8 Å². The second-order valence-corrected chi connectivity index (χ2v) is 2.04. The second-order valence-electron chi connectivity index (χ2n) is 0.680. The van der Waals surface area contributed by atoms with Crippen LogP contribution in [0.15, 0.2) is 21.6 Å². The molecule has 0 aliphatic carbocycles. The molecule has 9 heavy (non-hydrogen) atoms. The van der Waals surface area contributed by atoms with E-state index in [9.17, 15) is 0 Å². The zero-order chi connectivity index (χ0) is 5.54. The van der Waals surface area contributed by atoms with E-state index in [0.29, 0.717) is 0 Å². The van der Waals surface area contributed by atoms with E-state index < -0.39 is 0 Å². The number of hydrogen-bond acceptors (Lipinski definition) is 3.